The van der Waals surface area contributed by atoms with Crippen molar-refractivity contribution in [2.24, 2.45) is 5.41 Å². The van der Waals surface area contributed by atoms with Crippen LogP contribution in [0.25, 0.3) is 0 Å². The van der Waals surface area contributed by atoms with Crippen LogP contribution in [0.2, 0.25) is 0 Å². The lowest BCUT2D eigenvalue weighted by atomic mass is 9.90. The van der Waals surface area contributed by atoms with Crippen LogP contribution < -0.4 is 10.1 Å². The number of carbonyl (C=O) groups is 2. The summed E-state index contributed by atoms with van der Waals surface area (Å²) in [6.07, 6.45) is 0.251. The second-order valence-corrected chi connectivity index (χ2v) is 5.10. The van der Waals surface area contributed by atoms with Crippen LogP contribution in [0.4, 0.5) is 8.78 Å². The molecular weight excluding hydrogens is 284 g/mol. The number of benzene rings is 1. The third-order valence-corrected chi connectivity index (χ3v) is 2.94. The minimum absolute atomic E-state index is 0.108. The summed E-state index contributed by atoms with van der Waals surface area (Å²) in [5.74, 6) is -1.54. The largest absolute Gasteiger partial charge is 0.481 e. The van der Waals surface area contributed by atoms with Gasteiger partial charge in [0.25, 0.3) is 5.91 Å². The van der Waals surface area contributed by atoms with E-state index in [2.05, 4.69) is 10.1 Å². The third-order valence-electron chi connectivity index (χ3n) is 2.94. The molecule has 1 rings (SSSR count). The number of nitrogens with one attached hydrogen (secondary N) is 1. The Hall–Kier alpha value is -2.18. The van der Waals surface area contributed by atoms with E-state index in [0.717, 1.165) is 0 Å². The Bertz CT molecular complexity index is 517. The molecule has 0 heterocycles. The predicted octanol–water partition coefficient (Wildman–Crippen LogP) is 2.52. The minimum atomic E-state index is -2.96. The molecule has 21 heavy (non-hydrogen) atoms. The van der Waals surface area contributed by atoms with Gasteiger partial charge in [-0.1, -0.05) is 6.07 Å². The standard InChI is InChI=1S/C14H17F2NO4/c1-14(2,12(19)20)6-7-17-11(18)9-4-3-5-10(8-9)21-13(15)16/h3-5,8,13H,6-7H2,1-2H3,(H,17,18)(H,19,20). The number of aliphatic carboxylic acids is 1. The Balaban J connectivity index is 2.58. The smallest absolute Gasteiger partial charge is 0.387 e. The number of ether oxygens (including phenoxy) is 1. The molecule has 1 amide bonds. The molecular formula is C14H17F2NO4. The molecule has 7 heteroatoms. The summed E-state index contributed by atoms with van der Waals surface area (Å²) in [6, 6.07) is 5.39. The van der Waals surface area contributed by atoms with Gasteiger partial charge < -0.3 is 15.2 Å². The fourth-order valence-electron chi connectivity index (χ4n) is 1.51. The van der Waals surface area contributed by atoms with Gasteiger partial charge in [-0.05, 0) is 38.5 Å². The van der Waals surface area contributed by atoms with E-state index in [4.69, 9.17) is 5.11 Å². The van der Waals surface area contributed by atoms with Gasteiger partial charge in [0.2, 0.25) is 0 Å². The molecule has 0 unspecified atom stereocenters. The van der Waals surface area contributed by atoms with Crippen molar-refractivity contribution in [2.45, 2.75) is 26.9 Å². The lowest BCUT2D eigenvalue weighted by molar-refractivity contribution is -0.147. The Labute approximate surface area is 120 Å². The zero-order valence-electron chi connectivity index (χ0n) is 11.7. The SMILES string of the molecule is CC(C)(CCNC(=O)c1cccc(OC(F)F)c1)C(=O)O. The number of carboxylic acids is 1. The van der Waals surface area contributed by atoms with E-state index in [-0.39, 0.29) is 24.3 Å². The van der Waals surface area contributed by atoms with E-state index in [1.165, 1.54) is 24.3 Å². The van der Waals surface area contributed by atoms with E-state index in [1.807, 2.05) is 0 Å². The van der Waals surface area contributed by atoms with Crippen molar-refractivity contribution in [1.29, 1.82) is 0 Å². The second-order valence-electron chi connectivity index (χ2n) is 5.10. The van der Waals surface area contributed by atoms with Gasteiger partial charge in [0.05, 0.1) is 5.41 Å². The van der Waals surface area contributed by atoms with Crippen LogP contribution in [0.5, 0.6) is 5.75 Å². The fraction of sp³-hybridized carbons (Fsp3) is 0.429. The Kier molecular flexibility index (Phi) is 5.63. The van der Waals surface area contributed by atoms with Crippen molar-refractivity contribution in [2.75, 3.05) is 6.54 Å². The van der Waals surface area contributed by atoms with Gasteiger partial charge in [-0.15, -0.1) is 0 Å². The summed E-state index contributed by atoms with van der Waals surface area (Å²) in [5.41, 5.74) is -0.783. The van der Waals surface area contributed by atoms with Crippen molar-refractivity contribution in [3.63, 3.8) is 0 Å². The maximum Gasteiger partial charge on any atom is 0.387 e. The molecule has 0 atom stereocenters. The first kappa shape index (κ1) is 16.9. The average Bonchev–Trinajstić information content (AvgIpc) is 2.37. The van der Waals surface area contributed by atoms with E-state index in [9.17, 15) is 18.4 Å². The number of hydrogen-bond donors (Lipinski definition) is 2. The molecule has 2 N–H and O–H groups in total. The Morgan fingerprint density at radius 3 is 2.62 bits per heavy atom. The summed E-state index contributed by atoms with van der Waals surface area (Å²) in [5, 5.41) is 11.5. The molecule has 5 nitrogen and oxygen atoms in total. The predicted molar refractivity (Wildman–Crippen MR) is 71.4 cm³/mol. The minimum Gasteiger partial charge on any atom is -0.481 e. The van der Waals surface area contributed by atoms with Crippen molar-refractivity contribution in [1.82, 2.24) is 5.32 Å². The van der Waals surface area contributed by atoms with Crippen molar-refractivity contribution in [3.8, 4) is 5.75 Å². The summed E-state index contributed by atoms with van der Waals surface area (Å²) < 4.78 is 28.4. The van der Waals surface area contributed by atoms with Gasteiger partial charge >= 0.3 is 12.6 Å². The van der Waals surface area contributed by atoms with Crippen LogP contribution in [-0.4, -0.2) is 30.1 Å². The van der Waals surface area contributed by atoms with Gasteiger partial charge in [0.15, 0.2) is 0 Å². The van der Waals surface area contributed by atoms with Crippen LogP contribution in [-0.2, 0) is 4.79 Å². The molecule has 0 spiro atoms. The highest BCUT2D eigenvalue weighted by molar-refractivity contribution is 5.94. The first-order chi connectivity index (χ1) is 9.72. The van der Waals surface area contributed by atoms with Crippen molar-refractivity contribution < 1.29 is 28.2 Å². The quantitative estimate of drug-likeness (QED) is 0.811. The molecule has 116 valence electrons. The molecule has 0 aliphatic heterocycles. The maximum atomic E-state index is 12.1. The van der Waals surface area contributed by atoms with Crippen LogP contribution in [0, 0.1) is 5.41 Å². The van der Waals surface area contributed by atoms with E-state index in [0.29, 0.717) is 0 Å². The molecule has 0 aliphatic rings. The van der Waals surface area contributed by atoms with Crippen LogP contribution in [0.3, 0.4) is 0 Å². The molecule has 0 radical (unpaired) electrons. The number of hydrogen-bond acceptors (Lipinski definition) is 3. The first-order valence-corrected chi connectivity index (χ1v) is 6.29. The van der Waals surface area contributed by atoms with Crippen LogP contribution in [0.1, 0.15) is 30.6 Å². The normalized spacial score (nSPS) is 11.3. The number of rotatable bonds is 7. The lowest BCUT2D eigenvalue weighted by Gasteiger charge is -2.18. The molecule has 1 aromatic carbocycles. The highest BCUT2D eigenvalue weighted by Crippen LogP contribution is 2.20. The van der Waals surface area contributed by atoms with Crippen LogP contribution >= 0.6 is 0 Å². The molecule has 0 aromatic heterocycles. The lowest BCUT2D eigenvalue weighted by Crippen LogP contribution is -2.31. The van der Waals surface area contributed by atoms with Crippen molar-refractivity contribution in [3.05, 3.63) is 29.8 Å². The van der Waals surface area contributed by atoms with E-state index < -0.39 is 23.9 Å². The topological polar surface area (TPSA) is 75.6 Å². The van der Waals surface area contributed by atoms with Gasteiger partial charge in [-0.25, -0.2) is 0 Å². The highest BCUT2D eigenvalue weighted by Gasteiger charge is 2.26. The zero-order chi connectivity index (χ0) is 16.0. The second kappa shape index (κ2) is 7.01. The summed E-state index contributed by atoms with van der Waals surface area (Å²) in [6.45, 7) is 0.314. The molecule has 1 aromatic rings. The number of alkyl halides is 2. The van der Waals surface area contributed by atoms with E-state index >= 15 is 0 Å². The fourth-order valence-corrected chi connectivity index (χ4v) is 1.51. The number of halogens is 2. The summed E-state index contributed by atoms with van der Waals surface area (Å²) >= 11 is 0. The average molecular weight is 301 g/mol. The molecule has 0 aliphatic carbocycles. The maximum absolute atomic E-state index is 12.1. The van der Waals surface area contributed by atoms with Gasteiger partial charge in [0.1, 0.15) is 5.75 Å². The number of carbonyl (C=O) groups excluding carboxylic acids is 1. The Morgan fingerprint density at radius 2 is 2.05 bits per heavy atom. The highest BCUT2D eigenvalue weighted by atomic mass is 19.3. The first-order valence-electron chi connectivity index (χ1n) is 6.29. The van der Waals surface area contributed by atoms with Gasteiger partial charge in [0, 0.05) is 12.1 Å². The van der Waals surface area contributed by atoms with Crippen LogP contribution in [0.15, 0.2) is 24.3 Å². The zero-order valence-corrected chi connectivity index (χ0v) is 11.7. The summed E-state index contributed by atoms with van der Waals surface area (Å²) in [7, 11) is 0. The van der Waals surface area contributed by atoms with Gasteiger partial charge in [-0.3, -0.25) is 9.59 Å². The molecule has 0 saturated heterocycles. The summed E-state index contributed by atoms with van der Waals surface area (Å²) in [4.78, 5) is 22.8. The molecule has 0 fully saturated rings. The monoisotopic (exact) mass is 301 g/mol. The molecule has 0 saturated carbocycles. The van der Waals surface area contributed by atoms with Crippen molar-refractivity contribution >= 4 is 11.9 Å². The Morgan fingerprint density at radius 1 is 1.38 bits per heavy atom. The third kappa shape index (κ3) is 5.37. The van der Waals surface area contributed by atoms with Gasteiger partial charge in [-0.2, -0.15) is 8.78 Å². The molecule has 0 bridgehead atoms. The van der Waals surface area contributed by atoms with E-state index in [1.54, 1.807) is 13.8 Å². The number of amides is 1. The number of carboxylic acid groups (broad SMARTS) is 1.